The highest BCUT2D eigenvalue weighted by molar-refractivity contribution is 5.88. The smallest absolute Gasteiger partial charge is 0.191 e. The van der Waals surface area contributed by atoms with E-state index in [0.717, 1.165) is 31.2 Å². The number of allylic oxidation sites excluding steroid dienone is 2. The number of ether oxygens (including phenoxy) is 4. The fourth-order valence-electron chi connectivity index (χ4n) is 5.29. The van der Waals surface area contributed by atoms with Gasteiger partial charge in [-0.05, 0) is 51.0 Å². The first kappa shape index (κ1) is 18.5. The largest absolute Gasteiger partial charge is 0.364 e. The normalized spacial score (nSPS) is 41.2. The summed E-state index contributed by atoms with van der Waals surface area (Å²) in [6.45, 7) is 4.19. The summed E-state index contributed by atoms with van der Waals surface area (Å²) in [4.78, 5) is 13.5. The lowest BCUT2D eigenvalue weighted by Crippen LogP contribution is -2.53. The van der Waals surface area contributed by atoms with Gasteiger partial charge in [0.25, 0.3) is 0 Å². The fraction of sp³-hybridized carbons (Fsp3) is 0.609. The van der Waals surface area contributed by atoms with Gasteiger partial charge in [-0.15, -0.1) is 0 Å². The molecule has 5 rings (SSSR count). The lowest BCUT2D eigenvalue weighted by Gasteiger charge is -2.36. The number of hydrogen-bond donors (Lipinski definition) is 0. The van der Waals surface area contributed by atoms with Crippen LogP contribution in [0.1, 0.15) is 45.1 Å². The Morgan fingerprint density at radius 3 is 2.79 bits per heavy atom. The van der Waals surface area contributed by atoms with E-state index in [1.54, 1.807) is 0 Å². The molecule has 1 aromatic rings. The summed E-state index contributed by atoms with van der Waals surface area (Å²) in [6.07, 6.45) is 6.28. The summed E-state index contributed by atoms with van der Waals surface area (Å²) in [7, 11) is 0. The molecule has 3 fully saturated rings. The summed E-state index contributed by atoms with van der Waals surface area (Å²) in [5.41, 5.74) is 0.266. The highest BCUT2D eigenvalue weighted by Crippen LogP contribution is 2.52. The van der Waals surface area contributed by atoms with Gasteiger partial charge in [-0.3, -0.25) is 4.79 Å². The summed E-state index contributed by atoms with van der Waals surface area (Å²) in [5, 5.41) is 0. The Kier molecular flexibility index (Phi) is 4.47. The van der Waals surface area contributed by atoms with E-state index in [9.17, 15) is 4.79 Å². The zero-order valence-electron chi connectivity index (χ0n) is 16.5. The van der Waals surface area contributed by atoms with Crippen LogP contribution >= 0.6 is 0 Å². The van der Waals surface area contributed by atoms with Crippen LogP contribution in [0.2, 0.25) is 0 Å². The van der Waals surface area contributed by atoms with Gasteiger partial charge >= 0.3 is 0 Å². The zero-order valence-corrected chi connectivity index (χ0v) is 16.5. The molecular weight excluding hydrogens is 356 g/mol. The van der Waals surface area contributed by atoms with Crippen LogP contribution in [0, 0.1) is 11.8 Å². The molecule has 2 aliphatic heterocycles. The van der Waals surface area contributed by atoms with Crippen molar-refractivity contribution < 1.29 is 23.7 Å². The topological polar surface area (TPSA) is 54.0 Å². The van der Waals surface area contributed by atoms with Crippen molar-refractivity contribution in [2.24, 2.45) is 11.8 Å². The van der Waals surface area contributed by atoms with E-state index in [0.29, 0.717) is 6.61 Å². The maximum Gasteiger partial charge on any atom is 0.191 e. The number of benzene rings is 1. The van der Waals surface area contributed by atoms with E-state index in [1.165, 1.54) is 0 Å². The molecule has 4 aliphatic rings. The van der Waals surface area contributed by atoms with Gasteiger partial charge in [0.05, 0.1) is 6.61 Å². The van der Waals surface area contributed by atoms with Crippen molar-refractivity contribution in [3.05, 3.63) is 48.0 Å². The molecule has 150 valence electrons. The molecule has 0 unspecified atom stereocenters. The number of hydrogen-bond acceptors (Lipinski definition) is 5. The van der Waals surface area contributed by atoms with Crippen LogP contribution in [0.15, 0.2) is 42.5 Å². The predicted octanol–water partition coefficient (Wildman–Crippen LogP) is 3.76. The van der Waals surface area contributed by atoms with E-state index in [-0.39, 0.29) is 17.6 Å². The molecule has 2 aliphatic carbocycles. The molecule has 0 amide bonds. The Morgan fingerprint density at radius 1 is 1.14 bits per heavy atom. The van der Waals surface area contributed by atoms with E-state index in [2.05, 4.69) is 12.2 Å². The van der Waals surface area contributed by atoms with Crippen molar-refractivity contribution in [2.75, 3.05) is 0 Å². The molecule has 0 bridgehead atoms. The van der Waals surface area contributed by atoms with E-state index in [1.807, 2.05) is 44.2 Å². The third kappa shape index (κ3) is 2.96. The summed E-state index contributed by atoms with van der Waals surface area (Å²) < 4.78 is 25.0. The van der Waals surface area contributed by atoms with E-state index >= 15 is 0 Å². The van der Waals surface area contributed by atoms with Gasteiger partial charge in [0.2, 0.25) is 0 Å². The van der Waals surface area contributed by atoms with Crippen molar-refractivity contribution >= 4 is 5.78 Å². The minimum Gasteiger partial charge on any atom is -0.364 e. The second-order valence-electron chi connectivity index (χ2n) is 8.89. The molecule has 1 saturated carbocycles. The van der Waals surface area contributed by atoms with Crippen LogP contribution in [0.3, 0.4) is 0 Å². The first-order valence-electron chi connectivity index (χ1n) is 10.4. The molecule has 5 nitrogen and oxygen atoms in total. The van der Waals surface area contributed by atoms with E-state index < -0.39 is 29.9 Å². The SMILES string of the molecule is CC1(C)O[C@H]2O[C@@H]3C(=O)[C@H]4CCC=C[C@H]4CC[C@]3(OCc3ccccc3)[C@H]2O1. The standard InChI is InChI=1S/C23H28O5/c1-22(2)27-20-21(28-22)26-19-18(24)17-11-7-6-10-16(17)12-13-23(19,20)25-14-15-8-4-3-5-9-15/h3-6,8-10,16-17,19-21H,7,11-14H2,1-2H3/t16-,17-,19+,20-,21+,23+/m0/s1. The van der Waals surface area contributed by atoms with Gasteiger partial charge in [0, 0.05) is 5.92 Å². The number of carbonyl (C=O) groups is 1. The highest BCUT2D eigenvalue weighted by atomic mass is 16.8. The first-order valence-corrected chi connectivity index (χ1v) is 10.4. The molecule has 0 aromatic heterocycles. The maximum atomic E-state index is 13.5. The average molecular weight is 384 g/mol. The molecule has 2 saturated heterocycles. The Bertz CT molecular complexity index is 772. The summed E-state index contributed by atoms with van der Waals surface area (Å²) in [6, 6.07) is 10.1. The number of Topliss-reactive ketones (excluding diaryl/α,β-unsaturated/α-hetero) is 1. The predicted molar refractivity (Wildman–Crippen MR) is 102 cm³/mol. The molecular formula is C23H28O5. The van der Waals surface area contributed by atoms with Gasteiger partial charge in [-0.1, -0.05) is 42.5 Å². The lowest BCUT2D eigenvalue weighted by molar-refractivity contribution is -0.237. The van der Waals surface area contributed by atoms with Crippen LogP contribution in [0.4, 0.5) is 0 Å². The van der Waals surface area contributed by atoms with Gasteiger partial charge in [-0.2, -0.15) is 0 Å². The summed E-state index contributed by atoms with van der Waals surface area (Å²) in [5.74, 6) is -0.324. The van der Waals surface area contributed by atoms with Crippen LogP contribution in [-0.4, -0.2) is 35.7 Å². The fourth-order valence-corrected chi connectivity index (χ4v) is 5.29. The molecule has 6 atom stereocenters. The zero-order chi connectivity index (χ0) is 19.4. The Morgan fingerprint density at radius 2 is 1.96 bits per heavy atom. The van der Waals surface area contributed by atoms with Crippen molar-refractivity contribution in [3.63, 3.8) is 0 Å². The third-order valence-corrected chi connectivity index (χ3v) is 6.64. The quantitative estimate of drug-likeness (QED) is 0.743. The molecule has 5 heteroatoms. The average Bonchev–Trinajstić information content (AvgIpc) is 3.11. The van der Waals surface area contributed by atoms with Gasteiger partial charge in [-0.25, -0.2) is 0 Å². The Balaban J connectivity index is 1.49. The second kappa shape index (κ2) is 6.77. The van der Waals surface area contributed by atoms with Crippen molar-refractivity contribution in [2.45, 2.75) is 76.0 Å². The monoisotopic (exact) mass is 384 g/mol. The molecule has 0 spiro atoms. The first-order chi connectivity index (χ1) is 13.5. The lowest BCUT2D eigenvalue weighted by atomic mass is 9.79. The minimum absolute atomic E-state index is 0.00374. The molecule has 1 aromatic carbocycles. The van der Waals surface area contributed by atoms with Crippen LogP contribution in [0.5, 0.6) is 0 Å². The number of carbonyl (C=O) groups excluding carboxylic acids is 1. The Labute approximate surface area is 166 Å². The molecule has 2 heterocycles. The molecule has 0 radical (unpaired) electrons. The van der Waals surface area contributed by atoms with Gasteiger partial charge < -0.3 is 18.9 Å². The Hall–Kier alpha value is -1.53. The van der Waals surface area contributed by atoms with Crippen LogP contribution in [-0.2, 0) is 30.3 Å². The van der Waals surface area contributed by atoms with Crippen molar-refractivity contribution in [3.8, 4) is 0 Å². The maximum absolute atomic E-state index is 13.5. The minimum atomic E-state index is -0.809. The van der Waals surface area contributed by atoms with Crippen LogP contribution < -0.4 is 0 Å². The number of rotatable bonds is 3. The molecule has 28 heavy (non-hydrogen) atoms. The summed E-state index contributed by atoms with van der Waals surface area (Å²) >= 11 is 0. The van der Waals surface area contributed by atoms with Crippen molar-refractivity contribution in [1.82, 2.24) is 0 Å². The van der Waals surface area contributed by atoms with Crippen molar-refractivity contribution in [1.29, 1.82) is 0 Å². The van der Waals surface area contributed by atoms with Gasteiger partial charge in [0.15, 0.2) is 24.0 Å². The number of fused-ring (bicyclic) bond motifs is 4. The van der Waals surface area contributed by atoms with E-state index in [4.69, 9.17) is 18.9 Å². The second-order valence-corrected chi connectivity index (χ2v) is 8.89. The highest BCUT2D eigenvalue weighted by Gasteiger charge is 2.67. The van der Waals surface area contributed by atoms with Gasteiger partial charge in [0.1, 0.15) is 11.7 Å². The molecule has 0 N–H and O–H groups in total. The third-order valence-electron chi connectivity index (χ3n) is 6.64. The van der Waals surface area contributed by atoms with Crippen LogP contribution in [0.25, 0.3) is 0 Å². The number of ketones is 1.